The van der Waals surface area contributed by atoms with E-state index in [1.165, 1.54) is 0 Å². The van der Waals surface area contributed by atoms with Crippen LogP contribution < -0.4 is 9.44 Å². The molecule has 0 amide bonds. The van der Waals surface area contributed by atoms with Gasteiger partial charge in [-0.25, -0.2) is 0 Å². The third-order valence-corrected chi connectivity index (χ3v) is 4.09. The molecule has 1 aromatic rings. The van der Waals surface area contributed by atoms with Crippen molar-refractivity contribution < 1.29 is 8.42 Å². The van der Waals surface area contributed by atoms with Gasteiger partial charge in [-0.15, -0.1) is 0 Å². The quantitative estimate of drug-likeness (QED) is 0.862. The zero-order valence-electron chi connectivity index (χ0n) is 9.43. The maximum absolute atomic E-state index is 11.6. The molecule has 1 saturated heterocycles. The molecular formula is C11H12ClN3O2S. The molecule has 1 atom stereocenters. The summed E-state index contributed by atoms with van der Waals surface area (Å²) in [4.78, 5) is 4.39. The Bertz CT molecular complexity index is 610. The van der Waals surface area contributed by atoms with Crippen molar-refractivity contribution in [3.05, 3.63) is 34.9 Å². The average Bonchev–Trinajstić information content (AvgIpc) is 3.03. The lowest BCUT2D eigenvalue weighted by molar-refractivity contribution is 0.583. The van der Waals surface area contributed by atoms with Crippen molar-refractivity contribution in [2.24, 2.45) is 4.99 Å². The van der Waals surface area contributed by atoms with E-state index in [1.54, 1.807) is 18.2 Å². The van der Waals surface area contributed by atoms with Gasteiger partial charge in [0.25, 0.3) is 0 Å². The maximum atomic E-state index is 11.6. The minimum atomic E-state index is -3.50. The predicted octanol–water partition coefficient (Wildman–Crippen LogP) is 1.38. The van der Waals surface area contributed by atoms with Crippen molar-refractivity contribution in [3.63, 3.8) is 0 Å². The standard InChI is InChI=1S/C11H12ClN3O2S/c12-8-3-1-2-7(6-8)10-11(13-9-4-5-9)15-18(16,17)14-10/h1-3,6,9-10,14H,4-5H2,(H,13,15)/t10-/m0/s1. The third kappa shape index (κ3) is 2.50. The van der Waals surface area contributed by atoms with Crippen LogP contribution in [0.15, 0.2) is 29.3 Å². The van der Waals surface area contributed by atoms with Crippen LogP contribution in [0.2, 0.25) is 5.02 Å². The van der Waals surface area contributed by atoms with Gasteiger partial charge in [-0.2, -0.15) is 13.1 Å². The van der Waals surface area contributed by atoms with E-state index in [4.69, 9.17) is 11.6 Å². The summed E-state index contributed by atoms with van der Waals surface area (Å²) in [5.41, 5.74) is 0.787. The van der Waals surface area contributed by atoms with Crippen LogP contribution in [0.1, 0.15) is 24.4 Å². The molecular weight excluding hydrogens is 274 g/mol. The number of rotatable bonds is 2. The van der Waals surface area contributed by atoms with Gasteiger partial charge in [-0.1, -0.05) is 23.7 Å². The van der Waals surface area contributed by atoms with Crippen LogP contribution in [-0.4, -0.2) is 20.3 Å². The minimum Gasteiger partial charge on any atom is -0.266 e. The summed E-state index contributed by atoms with van der Waals surface area (Å²) in [6, 6.07) is 6.90. The second-order valence-corrected chi connectivity index (χ2v) is 6.34. The number of hydrogen-bond donors (Lipinski definition) is 2. The first-order valence-electron chi connectivity index (χ1n) is 5.67. The van der Waals surface area contributed by atoms with E-state index in [2.05, 4.69) is 14.4 Å². The predicted molar refractivity (Wildman–Crippen MR) is 69.8 cm³/mol. The average molecular weight is 286 g/mol. The van der Waals surface area contributed by atoms with Crippen molar-refractivity contribution >= 4 is 27.6 Å². The minimum absolute atomic E-state index is 0.254. The summed E-state index contributed by atoms with van der Waals surface area (Å²) in [5, 5.41) is 0.573. The second-order valence-electron chi connectivity index (χ2n) is 4.46. The molecule has 0 aromatic heterocycles. The molecule has 0 unspecified atom stereocenters. The van der Waals surface area contributed by atoms with Crippen molar-refractivity contribution in [3.8, 4) is 0 Å². The number of hydrogen-bond acceptors (Lipinski definition) is 3. The molecule has 1 heterocycles. The molecule has 2 aliphatic rings. The largest absolute Gasteiger partial charge is 0.301 e. The zero-order valence-corrected chi connectivity index (χ0v) is 11.0. The fourth-order valence-corrected chi connectivity index (χ4v) is 3.11. The third-order valence-electron chi connectivity index (χ3n) is 2.84. The first kappa shape index (κ1) is 12.0. The SMILES string of the molecule is O=S1(=O)NC(=NC2CC2)[C@H](c2cccc(Cl)c2)N1. The van der Waals surface area contributed by atoms with E-state index < -0.39 is 16.3 Å². The monoisotopic (exact) mass is 285 g/mol. The molecule has 0 spiro atoms. The Morgan fingerprint density at radius 1 is 1.33 bits per heavy atom. The van der Waals surface area contributed by atoms with Gasteiger partial charge in [0.15, 0.2) is 0 Å². The van der Waals surface area contributed by atoms with Crippen molar-refractivity contribution in [1.82, 2.24) is 9.44 Å². The second kappa shape index (κ2) is 4.22. The van der Waals surface area contributed by atoms with Gasteiger partial charge in [-0.05, 0) is 30.5 Å². The molecule has 96 valence electrons. The van der Waals surface area contributed by atoms with E-state index in [1.807, 2.05) is 6.07 Å². The van der Waals surface area contributed by atoms with Crippen molar-refractivity contribution in [1.29, 1.82) is 0 Å². The van der Waals surface area contributed by atoms with E-state index in [-0.39, 0.29) is 6.04 Å². The van der Waals surface area contributed by atoms with Gasteiger partial charge in [0.1, 0.15) is 11.9 Å². The number of benzene rings is 1. The summed E-state index contributed by atoms with van der Waals surface area (Å²) in [6.45, 7) is 0. The molecule has 18 heavy (non-hydrogen) atoms. The Balaban J connectivity index is 1.98. The summed E-state index contributed by atoms with van der Waals surface area (Å²) >= 11 is 5.92. The molecule has 1 aromatic carbocycles. The molecule has 0 bridgehead atoms. The Hall–Kier alpha value is -1.11. The highest BCUT2D eigenvalue weighted by molar-refractivity contribution is 7.88. The lowest BCUT2D eigenvalue weighted by Gasteiger charge is -2.09. The van der Waals surface area contributed by atoms with Crippen molar-refractivity contribution in [2.45, 2.75) is 24.9 Å². The number of nitrogens with zero attached hydrogens (tertiary/aromatic N) is 1. The summed E-state index contributed by atoms with van der Waals surface area (Å²) in [5.74, 6) is 0.458. The van der Waals surface area contributed by atoms with Gasteiger partial charge in [-0.3, -0.25) is 9.71 Å². The van der Waals surface area contributed by atoms with Gasteiger partial charge in [0.05, 0.1) is 6.04 Å². The molecule has 1 saturated carbocycles. The van der Waals surface area contributed by atoms with Crippen molar-refractivity contribution in [2.75, 3.05) is 0 Å². The van der Waals surface area contributed by atoms with Crippen LogP contribution in [-0.2, 0) is 10.2 Å². The van der Waals surface area contributed by atoms with Gasteiger partial charge >= 0.3 is 10.2 Å². The molecule has 1 aliphatic carbocycles. The lowest BCUT2D eigenvalue weighted by Crippen LogP contribution is -2.24. The fourth-order valence-electron chi connectivity index (χ4n) is 1.85. The lowest BCUT2D eigenvalue weighted by atomic mass is 10.1. The Labute approximate surface area is 110 Å². The van der Waals surface area contributed by atoms with E-state index in [0.717, 1.165) is 18.4 Å². The smallest absolute Gasteiger partial charge is 0.266 e. The summed E-state index contributed by atoms with van der Waals surface area (Å²) in [6.07, 6.45) is 2.04. The zero-order chi connectivity index (χ0) is 12.8. The Kier molecular flexibility index (Phi) is 2.80. The summed E-state index contributed by atoms with van der Waals surface area (Å²) in [7, 11) is -3.50. The Morgan fingerprint density at radius 2 is 2.11 bits per heavy atom. The first-order chi connectivity index (χ1) is 8.53. The van der Waals surface area contributed by atoms with Gasteiger partial charge in [0.2, 0.25) is 0 Å². The highest BCUT2D eigenvalue weighted by Gasteiger charge is 2.35. The van der Waals surface area contributed by atoms with Gasteiger partial charge < -0.3 is 0 Å². The maximum Gasteiger partial charge on any atom is 0.301 e. The molecule has 2 N–H and O–H groups in total. The molecule has 7 heteroatoms. The van der Waals surface area contributed by atoms with E-state index in [9.17, 15) is 8.42 Å². The number of amidine groups is 1. The molecule has 0 radical (unpaired) electrons. The molecule has 2 fully saturated rings. The van der Waals surface area contributed by atoms with E-state index in [0.29, 0.717) is 10.9 Å². The normalized spacial score (nSPS) is 28.3. The number of nitrogens with one attached hydrogen (secondary N) is 2. The molecule has 1 aliphatic heterocycles. The highest BCUT2D eigenvalue weighted by atomic mass is 35.5. The van der Waals surface area contributed by atoms with Gasteiger partial charge in [0, 0.05) is 5.02 Å². The highest BCUT2D eigenvalue weighted by Crippen LogP contribution is 2.28. The van der Waals surface area contributed by atoms with Crippen LogP contribution >= 0.6 is 11.6 Å². The molecule has 3 rings (SSSR count). The van der Waals surface area contributed by atoms with E-state index >= 15 is 0 Å². The summed E-state index contributed by atoms with van der Waals surface area (Å²) < 4.78 is 28.1. The Morgan fingerprint density at radius 3 is 2.78 bits per heavy atom. The number of halogens is 1. The topological polar surface area (TPSA) is 70.6 Å². The number of aliphatic imine (C=N–C) groups is 1. The van der Waals surface area contributed by atoms with Crippen LogP contribution in [0.3, 0.4) is 0 Å². The fraction of sp³-hybridized carbons (Fsp3) is 0.364. The van der Waals surface area contributed by atoms with Crippen LogP contribution in [0, 0.1) is 0 Å². The van der Waals surface area contributed by atoms with Crippen LogP contribution in [0.5, 0.6) is 0 Å². The first-order valence-corrected chi connectivity index (χ1v) is 7.53. The van der Waals surface area contributed by atoms with Crippen LogP contribution in [0.4, 0.5) is 0 Å². The van der Waals surface area contributed by atoms with Crippen LogP contribution in [0.25, 0.3) is 0 Å². The molecule has 5 nitrogen and oxygen atoms in total.